The van der Waals surface area contributed by atoms with Crippen LogP contribution in [0.4, 0.5) is 0 Å². The van der Waals surface area contributed by atoms with E-state index in [1.165, 1.54) is 0 Å². The Morgan fingerprint density at radius 1 is 1.56 bits per heavy atom. The molecule has 94 valence electrons. The SMILES string of the molecule is C=CC[C@@H](C[C@H](O)CCCCC)C(=O)NN. The van der Waals surface area contributed by atoms with Crippen LogP contribution in [0, 0.1) is 5.92 Å². The molecular formula is C12H24N2O2. The predicted octanol–water partition coefficient (Wildman–Crippen LogP) is 1.50. The summed E-state index contributed by atoms with van der Waals surface area (Å²) in [7, 11) is 0. The summed E-state index contributed by atoms with van der Waals surface area (Å²) in [5.41, 5.74) is 2.12. The molecule has 0 aliphatic heterocycles. The van der Waals surface area contributed by atoms with Crippen LogP contribution in [0.3, 0.4) is 0 Å². The van der Waals surface area contributed by atoms with Crippen LogP contribution in [0.2, 0.25) is 0 Å². The van der Waals surface area contributed by atoms with Crippen molar-refractivity contribution in [3.63, 3.8) is 0 Å². The predicted molar refractivity (Wildman–Crippen MR) is 65.4 cm³/mol. The van der Waals surface area contributed by atoms with Gasteiger partial charge in [0, 0.05) is 5.92 Å². The minimum atomic E-state index is -0.422. The van der Waals surface area contributed by atoms with E-state index in [2.05, 4.69) is 18.9 Å². The Morgan fingerprint density at radius 2 is 2.25 bits per heavy atom. The summed E-state index contributed by atoms with van der Waals surface area (Å²) in [6.45, 7) is 5.72. The number of unbranched alkanes of at least 4 members (excludes halogenated alkanes) is 2. The number of allylic oxidation sites excluding steroid dienone is 1. The van der Waals surface area contributed by atoms with Crippen LogP contribution in [-0.4, -0.2) is 17.1 Å². The number of carbonyl (C=O) groups is 1. The number of nitrogens with two attached hydrogens (primary N) is 1. The van der Waals surface area contributed by atoms with Crippen LogP contribution >= 0.6 is 0 Å². The third-order valence-electron chi connectivity index (χ3n) is 2.66. The quantitative estimate of drug-likeness (QED) is 0.184. The van der Waals surface area contributed by atoms with Crippen molar-refractivity contribution in [2.24, 2.45) is 11.8 Å². The van der Waals surface area contributed by atoms with Crippen LogP contribution in [0.1, 0.15) is 45.4 Å². The van der Waals surface area contributed by atoms with Gasteiger partial charge in [-0.05, 0) is 19.3 Å². The van der Waals surface area contributed by atoms with Crippen molar-refractivity contribution in [2.75, 3.05) is 0 Å². The minimum absolute atomic E-state index is 0.227. The zero-order valence-corrected chi connectivity index (χ0v) is 10.1. The fourth-order valence-electron chi connectivity index (χ4n) is 1.71. The highest BCUT2D eigenvalue weighted by Gasteiger charge is 2.19. The lowest BCUT2D eigenvalue weighted by Gasteiger charge is -2.17. The number of rotatable bonds is 9. The number of aliphatic hydroxyl groups excluding tert-OH is 1. The molecule has 0 unspecified atom stereocenters. The fourth-order valence-corrected chi connectivity index (χ4v) is 1.71. The van der Waals surface area contributed by atoms with Gasteiger partial charge < -0.3 is 5.11 Å². The summed E-state index contributed by atoms with van der Waals surface area (Å²) in [6, 6.07) is 0. The lowest BCUT2D eigenvalue weighted by Crippen LogP contribution is -2.37. The molecule has 16 heavy (non-hydrogen) atoms. The van der Waals surface area contributed by atoms with Crippen LogP contribution in [-0.2, 0) is 4.79 Å². The molecule has 4 heteroatoms. The number of carbonyl (C=O) groups excluding carboxylic acids is 1. The number of hydrogen-bond donors (Lipinski definition) is 3. The first-order chi connectivity index (χ1) is 7.65. The van der Waals surface area contributed by atoms with E-state index in [1.54, 1.807) is 6.08 Å². The van der Waals surface area contributed by atoms with Gasteiger partial charge in [0.15, 0.2) is 0 Å². The monoisotopic (exact) mass is 228 g/mol. The Kier molecular flexibility index (Phi) is 8.85. The topological polar surface area (TPSA) is 75.3 Å². The maximum Gasteiger partial charge on any atom is 0.237 e. The molecule has 4 nitrogen and oxygen atoms in total. The van der Waals surface area contributed by atoms with Crippen molar-refractivity contribution in [1.82, 2.24) is 5.43 Å². The maximum atomic E-state index is 11.4. The number of hydrazine groups is 1. The van der Waals surface area contributed by atoms with Gasteiger partial charge in [-0.25, -0.2) is 5.84 Å². The highest BCUT2D eigenvalue weighted by atomic mass is 16.3. The van der Waals surface area contributed by atoms with E-state index in [9.17, 15) is 9.90 Å². The smallest absolute Gasteiger partial charge is 0.237 e. The van der Waals surface area contributed by atoms with Crippen molar-refractivity contribution in [2.45, 2.75) is 51.6 Å². The summed E-state index contributed by atoms with van der Waals surface area (Å²) in [5.74, 6) is 4.59. The largest absolute Gasteiger partial charge is 0.393 e. The second-order valence-corrected chi connectivity index (χ2v) is 4.12. The van der Waals surface area contributed by atoms with Crippen LogP contribution in [0.15, 0.2) is 12.7 Å². The molecule has 0 aliphatic rings. The third-order valence-corrected chi connectivity index (χ3v) is 2.66. The normalized spacial score (nSPS) is 14.2. The molecule has 0 aliphatic carbocycles. The molecule has 0 fully saturated rings. The summed E-state index contributed by atoms with van der Waals surface area (Å²) in [4.78, 5) is 11.4. The summed E-state index contributed by atoms with van der Waals surface area (Å²) in [6.07, 6.45) is 6.26. The molecule has 1 amide bonds. The van der Waals surface area contributed by atoms with Gasteiger partial charge in [-0.3, -0.25) is 10.2 Å². The van der Waals surface area contributed by atoms with Crippen molar-refractivity contribution in [1.29, 1.82) is 0 Å². The lowest BCUT2D eigenvalue weighted by atomic mass is 9.94. The summed E-state index contributed by atoms with van der Waals surface area (Å²) >= 11 is 0. The third kappa shape index (κ3) is 6.58. The molecule has 0 aromatic rings. The zero-order chi connectivity index (χ0) is 12.4. The van der Waals surface area contributed by atoms with Gasteiger partial charge >= 0.3 is 0 Å². The first-order valence-electron chi connectivity index (χ1n) is 5.95. The van der Waals surface area contributed by atoms with E-state index < -0.39 is 6.10 Å². The molecule has 0 aromatic heterocycles. The van der Waals surface area contributed by atoms with Gasteiger partial charge in [0.05, 0.1) is 6.10 Å². The molecule has 0 radical (unpaired) electrons. The van der Waals surface area contributed by atoms with Crippen molar-refractivity contribution < 1.29 is 9.90 Å². The first-order valence-corrected chi connectivity index (χ1v) is 5.95. The summed E-state index contributed by atoms with van der Waals surface area (Å²) < 4.78 is 0. The van der Waals surface area contributed by atoms with Crippen molar-refractivity contribution >= 4 is 5.91 Å². The number of nitrogens with one attached hydrogen (secondary N) is 1. The Morgan fingerprint density at radius 3 is 2.75 bits per heavy atom. The number of aliphatic hydroxyl groups is 1. The average Bonchev–Trinajstić information content (AvgIpc) is 2.28. The molecule has 0 bridgehead atoms. The molecule has 0 aromatic carbocycles. The lowest BCUT2D eigenvalue weighted by molar-refractivity contribution is -0.126. The van der Waals surface area contributed by atoms with E-state index in [1.807, 2.05) is 0 Å². The van der Waals surface area contributed by atoms with E-state index >= 15 is 0 Å². The van der Waals surface area contributed by atoms with Gasteiger partial charge in [0.1, 0.15) is 0 Å². The van der Waals surface area contributed by atoms with Gasteiger partial charge in [-0.1, -0.05) is 32.3 Å². The number of amides is 1. The standard InChI is InChI=1S/C12H24N2O2/c1-3-5-6-8-11(15)9-10(7-4-2)12(16)14-13/h4,10-11,15H,2-3,5-9,13H2,1H3,(H,14,16)/t10-,11+/m0/s1. The molecule has 2 atom stereocenters. The number of hydrogen-bond acceptors (Lipinski definition) is 3. The van der Waals surface area contributed by atoms with Crippen LogP contribution < -0.4 is 11.3 Å². The Balaban J connectivity index is 3.97. The molecular weight excluding hydrogens is 204 g/mol. The van der Waals surface area contributed by atoms with E-state index in [0.29, 0.717) is 12.8 Å². The first kappa shape index (κ1) is 15.1. The van der Waals surface area contributed by atoms with Crippen LogP contribution in [0.5, 0.6) is 0 Å². The molecule has 0 saturated heterocycles. The van der Waals surface area contributed by atoms with Crippen molar-refractivity contribution in [3.8, 4) is 0 Å². The summed E-state index contributed by atoms with van der Waals surface area (Å²) in [5, 5.41) is 9.76. The fraction of sp³-hybridized carbons (Fsp3) is 0.750. The van der Waals surface area contributed by atoms with E-state index in [0.717, 1.165) is 25.7 Å². The second-order valence-electron chi connectivity index (χ2n) is 4.12. The second kappa shape index (κ2) is 9.36. The van der Waals surface area contributed by atoms with Gasteiger partial charge in [0.2, 0.25) is 5.91 Å². The van der Waals surface area contributed by atoms with Crippen molar-refractivity contribution in [3.05, 3.63) is 12.7 Å². The molecule has 4 N–H and O–H groups in total. The van der Waals surface area contributed by atoms with Crippen LogP contribution in [0.25, 0.3) is 0 Å². The molecule has 0 rings (SSSR count). The van der Waals surface area contributed by atoms with Gasteiger partial charge in [-0.2, -0.15) is 0 Å². The molecule has 0 heterocycles. The Hall–Kier alpha value is -0.870. The molecule has 0 saturated carbocycles. The van der Waals surface area contributed by atoms with E-state index in [4.69, 9.17) is 5.84 Å². The highest BCUT2D eigenvalue weighted by Crippen LogP contribution is 2.16. The Bertz CT molecular complexity index is 207. The van der Waals surface area contributed by atoms with E-state index in [-0.39, 0.29) is 11.8 Å². The highest BCUT2D eigenvalue weighted by molar-refractivity contribution is 5.78. The minimum Gasteiger partial charge on any atom is -0.393 e. The maximum absolute atomic E-state index is 11.4. The average molecular weight is 228 g/mol. The zero-order valence-electron chi connectivity index (χ0n) is 10.1. The van der Waals surface area contributed by atoms with Gasteiger partial charge in [-0.15, -0.1) is 6.58 Å². The molecule has 0 spiro atoms. The van der Waals surface area contributed by atoms with Gasteiger partial charge in [0.25, 0.3) is 0 Å². The Labute approximate surface area is 97.9 Å².